The molecule has 1 N–H and O–H groups in total. The van der Waals surface area contributed by atoms with E-state index in [-0.39, 0.29) is 24.7 Å². The molecule has 0 radical (unpaired) electrons. The van der Waals surface area contributed by atoms with E-state index in [1.807, 2.05) is 11.9 Å². The number of carbonyl (C=O) groups is 1. The van der Waals surface area contributed by atoms with Crippen LogP contribution in [-0.4, -0.2) is 65.6 Å². The smallest absolute Gasteiger partial charge is 0.395 e. The summed E-state index contributed by atoms with van der Waals surface area (Å²) in [6.45, 7) is 0.872. The zero-order valence-corrected chi connectivity index (χ0v) is 13.8. The Morgan fingerprint density at radius 2 is 2.12 bits per heavy atom. The summed E-state index contributed by atoms with van der Waals surface area (Å²) in [6.07, 6.45) is -3.80. The normalized spacial score (nSPS) is 24.8. The summed E-state index contributed by atoms with van der Waals surface area (Å²) in [6, 6.07) is 0.904. The van der Waals surface area contributed by atoms with E-state index in [0.717, 1.165) is 17.2 Å². The second-order valence-electron chi connectivity index (χ2n) is 5.95. The lowest BCUT2D eigenvalue weighted by molar-refractivity contribution is -0.138. The number of aromatic nitrogens is 1. The largest absolute Gasteiger partial charge is 0.417 e. The van der Waals surface area contributed by atoms with Gasteiger partial charge in [0.2, 0.25) is 0 Å². The first-order valence-corrected chi connectivity index (χ1v) is 7.82. The van der Waals surface area contributed by atoms with Crippen molar-refractivity contribution < 1.29 is 23.1 Å². The van der Waals surface area contributed by atoms with Crippen molar-refractivity contribution >= 4 is 30.0 Å². The summed E-state index contributed by atoms with van der Waals surface area (Å²) in [4.78, 5) is 20.4. The highest BCUT2D eigenvalue weighted by atomic mass is 32.1. The van der Waals surface area contributed by atoms with E-state index >= 15 is 0 Å². The standard InChI is InChI=1S/C14H17F3N4O2S/c1-19-2-3-21-11-10(6-9(7-18-11)14(15,16)17)20(4-5-22)12(23)13(21,24)8-19/h6-7,22,24H,2-5,8H2,1H3/t13-/m0/s1. The van der Waals surface area contributed by atoms with Gasteiger partial charge in [0.05, 0.1) is 17.9 Å². The Hall–Kier alpha value is -1.52. The maximum Gasteiger partial charge on any atom is 0.417 e. The van der Waals surface area contributed by atoms with E-state index in [9.17, 15) is 23.1 Å². The first-order chi connectivity index (χ1) is 11.2. The molecule has 3 heterocycles. The quantitative estimate of drug-likeness (QED) is 0.763. The van der Waals surface area contributed by atoms with Gasteiger partial charge in [-0.2, -0.15) is 13.2 Å². The van der Waals surface area contributed by atoms with Crippen LogP contribution >= 0.6 is 12.6 Å². The SMILES string of the molecule is CN1CCN2c3ncc(C(F)(F)F)cc3N(CCO)C(=O)[C@@]2(S)C1. The molecule has 1 aromatic rings. The Morgan fingerprint density at radius 3 is 2.75 bits per heavy atom. The number of rotatable bonds is 2. The molecule has 1 saturated heterocycles. The lowest BCUT2D eigenvalue weighted by Gasteiger charge is -2.52. The molecule has 3 rings (SSSR count). The van der Waals surface area contributed by atoms with Gasteiger partial charge in [-0.05, 0) is 13.1 Å². The summed E-state index contributed by atoms with van der Waals surface area (Å²) < 4.78 is 39.0. The number of thiol groups is 1. The zero-order chi connectivity index (χ0) is 17.7. The zero-order valence-electron chi connectivity index (χ0n) is 12.9. The fourth-order valence-corrected chi connectivity index (χ4v) is 3.67. The van der Waals surface area contributed by atoms with Crippen LogP contribution in [-0.2, 0) is 11.0 Å². The molecule has 2 aliphatic rings. The Labute approximate surface area is 142 Å². The molecule has 0 aliphatic carbocycles. The van der Waals surface area contributed by atoms with Crippen LogP contribution in [0.5, 0.6) is 0 Å². The number of likely N-dealkylation sites (N-methyl/N-ethyl adjacent to an activating group) is 1. The van der Waals surface area contributed by atoms with Crippen LogP contribution in [0, 0.1) is 0 Å². The van der Waals surface area contributed by atoms with Crippen LogP contribution in [0.25, 0.3) is 0 Å². The van der Waals surface area contributed by atoms with Crippen LogP contribution in [0.1, 0.15) is 5.56 Å². The molecule has 1 aromatic heterocycles. The van der Waals surface area contributed by atoms with Crippen molar-refractivity contribution in [3.8, 4) is 0 Å². The topological polar surface area (TPSA) is 59.9 Å². The van der Waals surface area contributed by atoms with Crippen molar-refractivity contribution in [2.45, 2.75) is 11.0 Å². The number of fused-ring (bicyclic) bond motifs is 3. The van der Waals surface area contributed by atoms with E-state index in [2.05, 4.69) is 17.6 Å². The van der Waals surface area contributed by atoms with Crippen LogP contribution < -0.4 is 9.80 Å². The summed E-state index contributed by atoms with van der Waals surface area (Å²) in [5, 5.41) is 9.24. The van der Waals surface area contributed by atoms with Gasteiger partial charge in [-0.1, -0.05) is 0 Å². The molecule has 0 aromatic carbocycles. The Morgan fingerprint density at radius 1 is 1.42 bits per heavy atom. The highest BCUT2D eigenvalue weighted by Crippen LogP contribution is 2.44. The van der Waals surface area contributed by atoms with Crippen molar-refractivity contribution in [2.75, 3.05) is 49.6 Å². The summed E-state index contributed by atoms with van der Waals surface area (Å²) in [7, 11) is 1.84. The van der Waals surface area contributed by atoms with Crippen molar-refractivity contribution in [1.29, 1.82) is 0 Å². The molecule has 132 valence electrons. The van der Waals surface area contributed by atoms with Gasteiger partial charge in [0, 0.05) is 32.4 Å². The average Bonchev–Trinajstić information content (AvgIpc) is 2.50. The molecule has 0 bridgehead atoms. The lowest BCUT2D eigenvalue weighted by Crippen LogP contribution is -2.69. The number of anilines is 2. The Bertz CT molecular complexity index is 672. The van der Waals surface area contributed by atoms with Crippen molar-refractivity contribution in [2.24, 2.45) is 0 Å². The first-order valence-electron chi connectivity index (χ1n) is 7.37. The fourth-order valence-electron chi connectivity index (χ4n) is 3.12. The van der Waals surface area contributed by atoms with Crippen molar-refractivity contribution in [1.82, 2.24) is 9.88 Å². The number of hydrogen-bond donors (Lipinski definition) is 2. The average molecular weight is 362 g/mol. The second kappa shape index (κ2) is 5.78. The summed E-state index contributed by atoms with van der Waals surface area (Å²) >= 11 is 4.54. The first kappa shape index (κ1) is 17.3. The van der Waals surface area contributed by atoms with Gasteiger partial charge in [-0.3, -0.25) is 4.79 Å². The van der Waals surface area contributed by atoms with E-state index in [1.54, 1.807) is 4.90 Å². The van der Waals surface area contributed by atoms with Crippen LogP contribution in [0.4, 0.5) is 24.7 Å². The third-order valence-electron chi connectivity index (χ3n) is 4.27. The highest BCUT2D eigenvalue weighted by Gasteiger charge is 2.52. The molecule has 1 atom stereocenters. The number of amides is 1. The molecule has 2 aliphatic heterocycles. The number of carbonyl (C=O) groups excluding carboxylic acids is 1. The Kier molecular flexibility index (Phi) is 4.17. The molecular weight excluding hydrogens is 345 g/mol. The number of nitrogens with zero attached hydrogens (tertiary/aromatic N) is 4. The lowest BCUT2D eigenvalue weighted by atomic mass is 10.0. The minimum absolute atomic E-state index is 0.0538. The van der Waals surface area contributed by atoms with Gasteiger partial charge in [0.1, 0.15) is 0 Å². The van der Waals surface area contributed by atoms with Crippen LogP contribution in [0.3, 0.4) is 0 Å². The third kappa shape index (κ3) is 2.62. The number of β-amino-alcohol motifs (C(OH)–C–C–N with tert-alkyl or cyclic N) is 1. The summed E-state index contributed by atoms with van der Waals surface area (Å²) in [5.74, 6) is -0.181. The molecule has 24 heavy (non-hydrogen) atoms. The van der Waals surface area contributed by atoms with Gasteiger partial charge < -0.3 is 19.8 Å². The maximum absolute atomic E-state index is 13.0. The van der Waals surface area contributed by atoms with Crippen molar-refractivity contribution in [3.05, 3.63) is 17.8 Å². The monoisotopic (exact) mass is 362 g/mol. The van der Waals surface area contributed by atoms with E-state index in [1.165, 1.54) is 0 Å². The molecule has 0 saturated carbocycles. The van der Waals surface area contributed by atoms with E-state index < -0.39 is 22.5 Å². The number of hydrogen-bond acceptors (Lipinski definition) is 6. The molecule has 0 spiro atoms. The molecule has 0 unspecified atom stereocenters. The number of aliphatic hydroxyl groups is 1. The van der Waals surface area contributed by atoms with Crippen LogP contribution in [0.15, 0.2) is 12.3 Å². The molecule has 6 nitrogen and oxygen atoms in total. The van der Waals surface area contributed by atoms with Crippen molar-refractivity contribution in [3.63, 3.8) is 0 Å². The fraction of sp³-hybridized carbons (Fsp3) is 0.571. The molecule has 10 heteroatoms. The molecule has 1 amide bonds. The second-order valence-corrected chi connectivity index (χ2v) is 6.69. The van der Waals surface area contributed by atoms with Gasteiger partial charge >= 0.3 is 6.18 Å². The number of pyridine rings is 1. The molecular formula is C14H17F3N4O2S. The summed E-state index contributed by atoms with van der Waals surface area (Å²) in [5.41, 5.74) is -0.879. The Balaban J connectivity index is 2.15. The van der Waals surface area contributed by atoms with Gasteiger partial charge in [0.15, 0.2) is 10.7 Å². The van der Waals surface area contributed by atoms with E-state index in [4.69, 9.17) is 0 Å². The maximum atomic E-state index is 13.0. The number of aliphatic hydroxyl groups excluding tert-OH is 1. The number of halogens is 3. The predicted octanol–water partition coefficient (Wildman–Crippen LogP) is 0.817. The van der Waals surface area contributed by atoms with Gasteiger partial charge in [0.25, 0.3) is 5.91 Å². The number of piperazine rings is 1. The van der Waals surface area contributed by atoms with E-state index in [0.29, 0.717) is 19.6 Å². The van der Waals surface area contributed by atoms with Crippen LogP contribution in [0.2, 0.25) is 0 Å². The van der Waals surface area contributed by atoms with Gasteiger partial charge in [-0.15, -0.1) is 12.6 Å². The third-order valence-corrected chi connectivity index (χ3v) is 4.85. The molecule has 1 fully saturated rings. The predicted molar refractivity (Wildman–Crippen MR) is 85.2 cm³/mol. The van der Waals surface area contributed by atoms with Gasteiger partial charge in [-0.25, -0.2) is 4.98 Å². The minimum atomic E-state index is -4.56. The number of alkyl halides is 3. The minimum Gasteiger partial charge on any atom is -0.395 e. The highest BCUT2D eigenvalue weighted by molar-refractivity contribution is 7.83.